The Morgan fingerprint density at radius 2 is 1.58 bits per heavy atom. The molecule has 6 N–H and O–H groups in total. The highest BCUT2D eigenvalue weighted by Gasteiger charge is 2.33. The standard InChI is InChI=1S/C36H37F4N5O7/c1-22-4-5-26(20-29(22)42-25-6-7-27-28(19-24-3-2-8-41-24)34(47)44-30(27)21-25)43-35(48)45-31-17-23(36(38,39)40)18-32(33(31)37)52-16-15-51-14-13-50-12-11-49-10-9-46/h2-8,17-21,41-42,46H,9-16H2,1H3,(H,44,47)(H2,43,45,48)/b28-19-. The Morgan fingerprint density at radius 3 is 2.27 bits per heavy atom. The Balaban J connectivity index is 1.19. The minimum atomic E-state index is -4.86. The number of halogens is 4. The number of anilines is 5. The lowest BCUT2D eigenvalue weighted by Crippen LogP contribution is -2.21. The highest BCUT2D eigenvalue weighted by Crippen LogP contribution is 2.38. The zero-order valence-electron chi connectivity index (χ0n) is 28.0. The van der Waals surface area contributed by atoms with Crippen LogP contribution in [0.2, 0.25) is 0 Å². The van der Waals surface area contributed by atoms with Crippen molar-refractivity contribution >= 4 is 52.0 Å². The number of aromatic nitrogens is 1. The molecule has 0 saturated carbocycles. The van der Waals surface area contributed by atoms with Crippen LogP contribution in [0.3, 0.4) is 0 Å². The van der Waals surface area contributed by atoms with E-state index in [4.69, 9.17) is 24.1 Å². The first-order valence-electron chi connectivity index (χ1n) is 16.2. The van der Waals surface area contributed by atoms with E-state index in [1.54, 1.807) is 48.7 Å². The molecule has 0 radical (unpaired) electrons. The molecule has 52 heavy (non-hydrogen) atoms. The highest BCUT2D eigenvalue weighted by atomic mass is 19.4. The summed E-state index contributed by atoms with van der Waals surface area (Å²) in [5.41, 5.74) is 2.97. The van der Waals surface area contributed by atoms with Crippen LogP contribution < -0.4 is 26.0 Å². The van der Waals surface area contributed by atoms with Crippen LogP contribution in [0.4, 0.5) is 50.8 Å². The molecule has 4 aromatic rings. The quantitative estimate of drug-likeness (QED) is 0.0395. The van der Waals surface area contributed by atoms with Crippen molar-refractivity contribution in [1.29, 1.82) is 0 Å². The van der Waals surface area contributed by atoms with Gasteiger partial charge < -0.3 is 50.3 Å². The smallest absolute Gasteiger partial charge is 0.416 e. The number of amides is 3. The van der Waals surface area contributed by atoms with E-state index in [-0.39, 0.29) is 57.8 Å². The fourth-order valence-electron chi connectivity index (χ4n) is 5.05. The third kappa shape index (κ3) is 10.3. The van der Waals surface area contributed by atoms with Gasteiger partial charge in [0.1, 0.15) is 6.61 Å². The van der Waals surface area contributed by atoms with Crippen LogP contribution in [0, 0.1) is 12.7 Å². The van der Waals surface area contributed by atoms with Gasteiger partial charge in [0.25, 0.3) is 5.91 Å². The Kier molecular flexibility index (Phi) is 12.9. The normalized spacial score (nSPS) is 13.2. The topological polar surface area (TPSA) is 155 Å². The maximum Gasteiger partial charge on any atom is 0.416 e. The van der Waals surface area contributed by atoms with Crippen molar-refractivity contribution in [2.45, 2.75) is 13.1 Å². The van der Waals surface area contributed by atoms with Crippen LogP contribution in [0.25, 0.3) is 11.6 Å². The van der Waals surface area contributed by atoms with Crippen molar-refractivity contribution in [3.63, 3.8) is 0 Å². The summed E-state index contributed by atoms with van der Waals surface area (Å²) in [4.78, 5) is 28.6. The number of aromatic amines is 1. The summed E-state index contributed by atoms with van der Waals surface area (Å²) in [7, 11) is 0. The summed E-state index contributed by atoms with van der Waals surface area (Å²) in [5.74, 6) is -2.16. The molecule has 0 aliphatic carbocycles. The molecule has 0 spiro atoms. The van der Waals surface area contributed by atoms with Crippen LogP contribution in [0.15, 0.2) is 66.9 Å². The molecule has 0 bridgehead atoms. The van der Waals surface area contributed by atoms with Crippen LogP contribution in [0.1, 0.15) is 22.4 Å². The molecular formula is C36H37F4N5O7. The summed E-state index contributed by atoms with van der Waals surface area (Å²) < 4.78 is 77.2. The van der Waals surface area contributed by atoms with Crippen LogP contribution in [0.5, 0.6) is 5.75 Å². The number of ether oxygens (including phenoxy) is 4. The molecule has 2 heterocycles. The van der Waals surface area contributed by atoms with Gasteiger partial charge in [0.05, 0.1) is 68.8 Å². The molecule has 276 valence electrons. The number of H-pyrrole nitrogens is 1. The van der Waals surface area contributed by atoms with Crippen molar-refractivity contribution in [2.24, 2.45) is 0 Å². The van der Waals surface area contributed by atoms with Gasteiger partial charge in [-0.1, -0.05) is 12.1 Å². The van der Waals surface area contributed by atoms with Gasteiger partial charge in [-0.3, -0.25) is 4.79 Å². The number of rotatable bonds is 17. The Labute approximate surface area is 296 Å². The number of aliphatic hydroxyl groups is 1. The number of aliphatic hydroxyl groups excluding tert-OH is 1. The second-order valence-electron chi connectivity index (χ2n) is 11.4. The molecule has 1 aliphatic rings. The van der Waals surface area contributed by atoms with Gasteiger partial charge in [0.15, 0.2) is 11.6 Å². The van der Waals surface area contributed by atoms with E-state index in [1.165, 1.54) is 0 Å². The van der Waals surface area contributed by atoms with Gasteiger partial charge in [0, 0.05) is 34.5 Å². The monoisotopic (exact) mass is 727 g/mol. The van der Waals surface area contributed by atoms with Crippen molar-refractivity contribution < 1.29 is 51.2 Å². The Hall–Kier alpha value is -5.42. The number of carbonyl (C=O) groups is 2. The molecular weight excluding hydrogens is 690 g/mol. The molecule has 3 amide bonds. The fourth-order valence-corrected chi connectivity index (χ4v) is 5.05. The number of fused-ring (bicyclic) bond motifs is 1. The molecule has 0 atom stereocenters. The average molecular weight is 728 g/mol. The number of carbonyl (C=O) groups excluding carboxylic acids is 2. The summed E-state index contributed by atoms with van der Waals surface area (Å²) in [6.45, 7) is 2.54. The molecule has 12 nitrogen and oxygen atoms in total. The molecule has 0 saturated heterocycles. The third-order valence-electron chi connectivity index (χ3n) is 7.58. The van der Waals surface area contributed by atoms with Crippen molar-refractivity contribution in [3.05, 3.63) is 95.1 Å². The van der Waals surface area contributed by atoms with Crippen molar-refractivity contribution in [2.75, 3.05) is 74.1 Å². The van der Waals surface area contributed by atoms with E-state index in [2.05, 4.69) is 26.3 Å². The second-order valence-corrected chi connectivity index (χ2v) is 11.4. The van der Waals surface area contributed by atoms with Gasteiger partial charge in [-0.2, -0.15) is 13.2 Å². The Bertz CT molecular complexity index is 1880. The molecule has 0 fully saturated rings. The van der Waals surface area contributed by atoms with Crippen LogP contribution >= 0.6 is 0 Å². The lowest BCUT2D eigenvalue weighted by Gasteiger charge is -2.16. The summed E-state index contributed by atoms with van der Waals surface area (Å²) in [6.07, 6.45) is -1.34. The minimum absolute atomic E-state index is 0.0701. The number of hydrogen-bond acceptors (Lipinski definition) is 8. The summed E-state index contributed by atoms with van der Waals surface area (Å²) in [5, 5.41) is 19.4. The van der Waals surface area contributed by atoms with E-state index in [9.17, 15) is 22.8 Å². The minimum Gasteiger partial charge on any atom is -0.488 e. The molecule has 16 heteroatoms. The predicted octanol–water partition coefficient (Wildman–Crippen LogP) is 6.78. The van der Waals surface area contributed by atoms with Crippen LogP contribution in [-0.4, -0.2) is 74.9 Å². The number of benzene rings is 3. The number of nitrogens with one attached hydrogen (secondary N) is 5. The zero-order valence-corrected chi connectivity index (χ0v) is 28.0. The van der Waals surface area contributed by atoms with Crippen molar-refractivity contribution in [1.82, 2.24) is 4.98 Å². The SMILES string of the molecule is Cc1ccc(NC(=O)Nc2cc(C(F)(F)F)cc(OCCOCCOCCOCCO)c2F)cc1Nc1ccc2c(c1)NC(=O)/C2=C\c1ccc[nH]1. The van der Waals surface area contributed by atoms with Gasteiger partial charge in [-0.25, -0.2) is 9.18 Å². The number of hydrogen-bond donors (Lipinski definition) is 6. The largest absolute Gasteiger partial charge is 0.488 e. The van der Waals surface area contributed by atoms with E-state index in [0.29, 0.717) is 41.4 Å². The van der Waals surface area contributed by atoms with Gasteiger partial charge in [-0.15, -0.1) is 0 Å². The van der Waals surface area contributed by atoms with Gasteiger partial charge >= 0.3 is 12.2 Å². The van der Waals surface area contributed by atoms with Gasteiger partial charge in [-0.05, 0) is 67.1 Å². The molecule has 3 aromatic carbocycles. The highest BCUT2D eigenvalue weighted by molar-refractivity contribution is 6.35. The third-order valence-corrected chi connectivity index (χ3v) is 7.58. The maximum absolute atomic E-state index is 15.3. The fraction of sp³-hybridized carbons (Fsp3) is 0.278. The number of aryl methyl sites for hydroxylation is 1. The van der Waals surface area contributed by atoms with E-state index >= 15 is 4.39 Å². The molecule has 1 aromatic heterocycles. The summed E-state index contributed by atoms with van der Waals surface area (Å²) in [6, 6.07) is 13.9. The molecule has 1 aliphatic heterocycles. The molecule has 0 unspecified atom stereocenters. The number of urea groups is 1. The lowest BCUT2D eigenvalue weighted by atomic mass is 10.1. The van der Waals surface area contributed by atoms with Crippen LogP contribution in [-0.2, 0) is 25.2 Å². The maximum atomic E-state index is 15.3. The van der Waals surface area contributed by atoms with E-state index < -0.39 is 35.0 Å². The van der Waals surface area contributed by atoms with E-state index in [1.807, 2.05) is 19.1 Å². The summed E-state index contributed by atoms with van der Waals surface area (Å²) >= 11 is 0. The predicted molar refractivity (Wildman–Crippen MR) is 187 cm³/mol. The zero-order chi connectivity index (χ0) is 37.1. The molecule has 5 rings (SSSR count). The Morgan fingerprint density at radius 1 is 0.865 bits per heavy atom. The van der Waals surface area contributed by atoms with Gasteiger partial charge in [0.2, 0.25) is 0 Å². The first kappa shape index (κ1) is 37.8. The first-order chi connectivity index (χ1) is 25.0. The average Bonchev–Trinajstić information content (AvgIpc) is 3.73. The number of alkyl halides is 3. The first-order valence-corrected chi connectivity index (χ1v) is 16.2. The van der Waals surface area contributed by atoms with Crippen molar-refractivity contribution in [3.8, 4) is 5.75 Å². The lowest BCUT2D eigenvalue weighted by molar-refractivity contribution is -0.137. The second kappa shape index (κ2) is 17.7. The van der Waals surface area contributed by atoms with E-state index in [0.717, 1.165) is 16.8 Å².